The number of carboxylic acids is 1. The van der Waals surface area contributed by atoms with Gasteiger partial charge in [-0.25, -0.2) is 0 Å². The average molecular weight is 596 g/mol. The summed E-state index contributed by atoms with van der Waals surface area (Å²) in [7, 11) is 0. The number of nitrogens with one attached hydrogen (secondary N) is 2. The van der Waals surface area contributed by atoms with Crippen molar-refractivity contribution in [1.29, 1.82) is 0 Å². The van der Waals surface area contributed by atoms with E-state index in [1.165, 1.54) is 76.3 Å². The number of rotatable bonds is 21. The zero-order valence-corrected chi connectivity index (χ0v) is 27.8. The second-order valence-electron chi connectivity index (χ2n) is 11.3. The third-order valence-corrected chi connectivity index (χ3v) is 7.79. The number of hydrogen-bond donors (Lipinski definition) is 3. The number of aliphatic carboxylic acids is 1. The second kappa shape index (κ2) is 22.4. The van der Waals surface area contributed by atoms with E-state index in [0.717, 1.165) is 25.7 Å². The molecule has 0 saturated carbocycles. The average Bonchev–Trinajstić information content (AvgIpc) is 3.45. The number of nitrogens with zero attached hydrogens (tertiary/aromatic N) is 1. The van der Waals surface area contributed by atoms with Gasteiger partial charge in [-0.2, -0.15) is 0 Å². The van der Waals surface area contributed by atoms with E-state index in [-0.39, 0.29) is 47.6 Å². The van der Waals surface area contributed by atoms with E-state index in [9.17, 15) is 29.4 Å². The van der Waals surface area contributed by atoms with Crippen molar-refractivity contribution in [2.75, 3.05) is 13.1 Å². The standard InChI is InChI=1S/C32H51N3O6.Na/c1-2-3-4-5-6-7-8-9-10-11-12-13-14-17-30(38)35-22-15-16-28(35)31(39)33-24-29(37)34-27(32(40)41)23-25-18-20-26(36)21-19-25;/h18-21,27-28,36H,2-17,22-24H2,1H3,(H,33,39)(H,34,37)(H,40,41);/q;+1/p-1/t27-,28-;/m0./s1. The number of carboxylic acid groups (broad SMARTS) is 1. The Balaban J connectivity index is 0.00000882. The van der Waals surface area contributed by atoms with Gasteiger partial charge in [0.25, 0.3) is 0 Å². The van der Waals surface area contributed by atoms with E-state index in [2.05, 4.69) is 17.6 Å². The third kappa shape index (κ3) is 15.4. The van der Waals surface area contributed by atoms with Crippen molar-refractivity contribution in [3.63, 3.8) is 0 Å². The normalized spacial score (nSPS) is 15.1. The minimum atomic E-state index is -1.45. The van der Waals surface area contributed by atoms with Gasteiger partial charge in [0.15, 0.2) is 0 Å². The molecule has 42 heavy (non-hydrogen) atoms. The summed E-state index contributed by atoms with van der Waals surface area (Å²) in [6.07, 6.45) is 17.8. The zero-order chi connectivity index (χ0) is 29.9. The number of aromatic hydroxyl groups is 1. The van der Waals surface area contributed by atoms with Crippen LogP contribution in [0, 0.1) is 0 Å². The quantitative estimate of drug-likeness (QED) is 0.142. The number of phenolic OH excluding ortho intramolecular Hbond substituents is 1. The topological polar surface area (TPSA) is 139 Å². The maximum Gasteiger partial charge on any atom is 1.00 e. The maximum absolute atomic E-state index is 12.8. The van der Waals surface area contributed by atoms with Crippen LogP contribution in [0.15, 0.2) is 24.3 Å². The molecule has 3 amide bonds. The minimum absolute atomic E-state index is 0. The summed E-state index contributed by atoms with van der Waals surface area (Å²) in [5, 5.41) is 25.8. The van der Waals surface area contributed by atoms with Crippen LogP contribution in [0.5, 0.6) is 5.75 Å². The van der Waals surface area contributed by atoms with Crippen molar-refractivity contribution in [3.8, 4) is 5.75 Å². The van der Waals surface area contributed by atoms with Gasteiger partial charge in [-0.05, 0) is 43.4 Å². The number of amides is 3. The first kappa shape index (κ1) is 37.9. The summed E-state index contributed by atoms with van der Waals surface area (Å²) >= 11 is 0. The maximum atomic E-state index is 12.8. The summed E-state index contributed by atoms with van der Waals surface area (Å²) in [5.41, 5.74) is 0.602. The van der Waals surface area contributed by atoms with Crippen LogP contribution in [0.2, 0.25) is 0 Å². The largest absolute Gasteiger partial charge is 1.00 e. The number of unbranched alkanes of at least 4 members (excludes halogenated alkanes) is 12. The molecule has 2 atom stereocenters. The Kier molecular flexibility index (Phi) is 20.3. The number of carbonyl (C=O) groups is 4. The molecule has 1 aromatic carbocycles. The molecular weight excluding hydrogens is 545 g/mol. The smallest absolute Gasteiger partial charge is 0.548 e. The summed E-state index contributed by atoms with van der Waals surface area (Å²) in [5.74, 6) is -2.48. The van der Waals surface area contributed by atoms with Crippen LogP contribution in [-0.4, -0.2) is 58.9 Å². The van der Waals surface area contributed by atoms with E-state index >= 15 is 0 Å². The van der Waals surface area contributed by atoms with Crippen LogP contribution in [0.1, 0.15) is 115 Å². The molecule has 1 heterocycles. The monoisotopic (exact) mass is 595 g/mol. The van der Waals surface area contributed by atoms with Gasteiger partial charge in [0.2, 0.25) is 17.7 Å². The van der Waals surface area contributed by atoms with Gasteiger partial charge in [-0.3, -0.25) is 14.4 Å². The van der Waals surface area contributed by atoms with Gasteiger partial charge < -0.3 is 30.5 Å². The molecular formula is C32H50N3NaO6. The molecule has 0 unspecified atom stereocenters. The second-order valence-corrected chi connectivity index (χ2v) is 11.3. The molecule has 1 aliphatic heterocycles. The third-order valence-electron chi connectivity index (χ3n) is 7.79. The molecule has 0 aromatic heterocycles. The fraction of sp³-hybridized carbons (Fsp3) is 0.688. The fourth-order valence-electron chi connectivity index (χ4n) is 5.37. The first-order valence-corrected chi connectivity index (χ1v) is 15.7. The Labute approximate surface area is 273 Å². The molecule has 1 aromatic rings. The number of benzene rings is 1. The molecule has 0 aliphatic carbocycles. The van der Waals surface area contributed by atoms with Crippen LogP contribution >= 0.6 is 0 Å². The molecule has 0 spiro atoms. The Morgan fingerprint density at radius 1 is 0.905 bits per heavy atom. The molecule has 0 radical (unpaired) electrons. The van der Waals surface area contributed by atoms with Gasteiger partial charge in [0.05, 0.1) is 18.6 Å². The predicted octanol–water partition coefficient (Wildman–Crippen LogP) is 0.762. The summed E-state index contributed by atoms with van der Waals surface area (Å²) < 4.78 is 0. The molecule has 0 bridgehead atoms. The van der Waals surface area contributed by atoms with Crippen LogP contribution in [-0.2, 0) is 25.6 Å². The van der Waals surface area contributed by atoms with E-state index in [4.69, 9.17) is 0 Å². The molecule has 1 saturated heterocycles. The van der Waals surface area contributed by atoms with Crippen LogP contribution in [0.25, 0.3) is 0 Å². The van der Waals surface area contributed by atoms with Gasteiger partial charge in [-0.1, -0.05) is 96.1 Å². The van der Waals surface area contributed by atoms with E-state index in [1.807, 2.05) is 0 Å². The van der Waals surface area contributed by atoms with E-state index < -0.39 is 36.4 Å². The summed E-state index contributed by atoms with van der Waals surface area (Å²) in [6, 6.07) is 4.08. The molecule has 9 nitrogen and oxygen atoms in total. The molecule has 230 valence electrons. The number of hydrogen-bond acceptors (Lipinski definition) is 6. The van der Waals surface area contributed by atoms with Crippen LogP contribution in [0.4, 0.5) is 0 Å². The predicted molar refractivity (Wildman–Crippen MR) is 157 cm³/mol. The van der Waals surface area contributed by atoms with E-state index in [0.29, 0.717) is 24.9 Å². The SMILES string of the molecule is CCCCCCCCCCCCCCCC(=O)N1CCC[C@H]1C(=O)NCC(=O)N[C@@H](Cc1ccc(O)cc1)C(=O)[O-].[Na+]. The van der Waals surface area contributed by atoms with Crippen molar-refractivity contribution >= 4 is 23.7 Å². The first-order valence-electron chi connectivity index (χ1n) is 15.7. The first-order chi connectivity index (χ1) is 19.8. The molecule has 3 N–H and O–H groups in total. The van der Waals surface area contributed by atoms with E-state index in [1.54, 1.807) is 17.0 Å². The summed E-state index contributed by atoms with van der Waals surface area (Å²) in [6.45, 7) is 2.38. The molecule has 1 aliphatic rings. The molecule has 1 fully saturated rings. The Morgan fingerprint density at radius 2 is 1.45 bits per heavy atom. The molecule has 2 rings (SSSR count). The van der Waals surface area contributed by atoms with Gasteiger partial charge >= 0.3 is 29.6 Å². The fourth-order valence-corrected chi connectivity index (χ4v) is 5.37. The van der Waals surface area contributed by atoms with Crippen molar-refractivity contribution in [1.82, 2.24) is 15.5 Å². The minimum Gasteiger partial charge on any atom is -0.548 e. The number of likely N-dealkylation sites (tertiary alicyclic amines) is 1. The van der Waals surface area contributed by atoms with Gasteiger partial charge in [0.1, 0.15) is 11.8 Å². The van der Waals surface area contributed by atoms with Gasteiger partial charge in [0, 0.05) is 13.0 Å². The van der Waals surface area contributed by atoms with Gasteiger partial charge in [-0.15, -0.1) is 0 Å². The van der Waals surface area contributed by atoms with Crippen molar-refractivity contribution in [3.05, 3.63) is 29.8 Å². The van der Waals surface area contributed by atoms with Crippen LogP contribution in [0.3, 0.4) is 0 Å². The molecule has 10 heteroatoms. The van der Waals surface area contributed by atoms with Crippen molar-refractivity contribution < 1.29 is 58.9 Å². The Hall–Kier alpha value is -2.10. The number of phenols is 1. The Bertz CT molecular complexity index is 943. The zero-order valence-electron chi connectivity index (χ0n) is 25.8. The Morgan fingerprint density at radius 3 is 2.00 bits per heavy atom. The number of carbonyl (C=O) groups excluding carboxylic acids is 4. The van der Waals surface area contributed by atoms with Crippen molar-refractivity contribution in [2.24, 2.45) is 0 Å². The summed E-state index contributed by atoms with van der Waals surface area (Å²) in [4.78, 5) is 51.0. The van der Waals surface area contributed by atoms with Crippen molar-refractivity contribution in [2.45, 2.75) is 128 Å². The van der Waals surface area contributed by atoms with Crippen LogP contribution < -0.4 is 45.3 Å².